The van der Waals surface area contributed by atoms with Gasteiger partial charge in [0.15, 0.2) is 0 Å². The molecule has 0 spiro atoms. The van der Waals surface area contributed by atoms with Gasteiger partial charge in [0.2, 0.25) is 0 Å². The molecule has 0 N–H and O–H groups in total. The molecule has 0 aliphatic rings. The van der Waals surface area contributed by atoms with Crippen LogP contribution in [0.25, 0.3) is 77.7 Å². The van der Waals surface area contributed by atoms with Crippen LogP contribution in [0.5, 0.6) is 0 Å². The maximum atomic E-state index is 6.77. The molecule has 10 aromatic rings. The predicted octanol–water partition coefficient (Wildman–Crippen LogP) is 13.7. The SMILES string of the molecule is c1ccc(-c2ccc(N(c3ccccc3)c3ccc(-c4ccc(-c5nc6ccccc6nc5-c5ccccc5)cc4)c4oc5ccccc5c34)cc2)cc1. The van der Waals surface area contributed by atoms with E-state index >= 15 is 0 Å². The van der Waals surface area contributed by atoms with Gasteiger partial charge in [0.1, 0.15) is 11.2 Å². The van der Waals surface area contributed by atoms with E-state index in [1.54, 1.807) is 0 Å². The molecule has 2 aromatic heterocycles. The summed E-state index contributed by atoms with van der Waals surface area (Å²) in [5.41, 5.74) is 14.8. The molecule has 0 atom stereocenters. The summed E-state index contributed by atoms with van der Waals surface area (Å²) in [6, 6.07) is 69.6. The molecule has 4 heteroatoms. The topological polar surface area (TPSA) is 42.2 Å². The fourth-order valence-electron chi connectivity index (χ4n) is 7.47. The molecule has 254 valence electrons. The van der Waals surface area contributed by atoms with Crippen LogP contribution in [0.3, 0.4) is 0 Å². The zero-order valence-electron chi connectivity index (χ0n) is 29.3. The van der Waals surface area contributed by atoms with E-state index in [1.165, 1.54) is 11.1 Å². The van der Waals surface area contributed by atoms with Crippen molar-refractivity contribution in [2.24, 2.45) is 0 Å². The number of hydrogen-bond acceptors (Lipinski definition) is 4. The van der Waals surface area contributed by atoms with Gasteiger partial charge in [-0.3, -0.25) is 0 Å². The van der Waals surface area contributed by atoms with Crippen LogP contribution >= 0.6 is 0 Å². The van der Waals surface area contributed by atoms with E-state index < -0.39 is 0 Å². The standard InChI is InChI=1S/C50H33N3O/c1-4-14-34(15-5-1)35-28-30-40(31-29-35)53(39-18-8-3-9-19-39)45-33-32-41(50-47(45)42-20-10-13-23-46(42)54-50)36-24-26-38(27-25-36)49-48(37-16-6-2-7-17-37)51-43-21-11-12-22-44(43)52-49/h1-33H. The number of nitrogens with zero attached hydrogens (tertiary/aromatic N) is 3. The number of aromatic nitrogens is 2. The van der Waals surface area contributed by atoms with Gasteiger partial charge in [-0.15, -0.1) is 0 Å². The van der Waals surface area contributed by atoms with Gasteiger partial charge in [0, 0.05) is 33.5 Å². The smallest absolute Gasteiger partial charge is 0.145 e. The second-order valence-electron chi connectivity index (χ2n) is 13.4. The lowest BCUT2D eigenvalue weighted by Crippen LogP contribution is -2.10. The Balaban J connectivity index is 1.11. The first-order valence-corrected chi connectivity index (χ1v) is 18.2. The molecule has 0 radical (unpaired) electrons. The van der Waals surface area contributed by atoms with Crippen molar-refractivity contribution >= 4 is 50.0 Å². The molecule has 0 aliphatic carbocycles. The summed E-state index contributed by atoms with van der Waals surface area (Å²) in [6.45, 7) is 0. The lowest BCUT2D eigenvalue weighted by Gasteiger charge is -2.27. The Morgan fingerprint density at radius 3 is 1.52 bits per heavy atom. The van der Waals surface area contributed by atoms with Crippen molar-refractivity contribution in [2.45, 2.75) is 0 Å². The minimum atomic E-state index is 0.846. The molecule has 0 saturated heterocycles. The van der Waals surface area contributed by atoms with Gasteiger partial charge in [-0.25, -0.2) is 9.97 Å². The molecule has 0 bridgehead atoms. The Hall–Kier alpha value is -7.30. The number of fused-ring (bicyclic) bond motifs is 4. The van der Waals surface area contributed by atoms with E-state index in [4.69, 9.17) is 14.4 Å². The molecule has 4 nitrogen and oxygen atoms in total. The largest absolute Gasteiger partial charge is 0.455 e. The molecule has 0 fully saturated rings. The predicted molar refractivity (Wildman–Crippen MR) is 223 cm³/mol. The summed E-state index contributed by atoms with van der Waals surface area (Å²) < 4.78 is 6.77. The molecular formula is C50H33N3O. The monoisotopic (exact) mass is 691 g/mol. The Morgan fingerprint density at radius 2 is 0.852 bits per heavy atom. The van der Waals surface area contributed by atoms with Crippen LogP contribution in [-0.4, -0.2) is 9.97 Å². The van der Waals surface area contributed by atoms with Crippen molar-refractivity contribution in [3.8, 4) is 44.8 Å². The number of anilines is 3. The number of furan rings is 1. The molecule has 54 heavy (non-hydrogen) atoms. The van der Waals surface area contributed by atoms with Crippen LogP contribution in [0.1, 0.15) is 0 Å². The van der Waals surface area contributed by atoms with Crippen molar-refractivity contribution in [2.75, 3.05) is 4.90 Å². The maximum absolute atomic E-state index is 6.77. The molecule has 2 heterocycles. The summed E-state index contributed by atoms with van der Waals surface area (Å²) in [5, 5.41) is 2.14. The summed E-state index contributed by atoms with van der Waals surface area (Å²) >= 11 is 0. The van der Waals surface area contributed by atoms with E-state index in [2.05, 4.69) is 157 Å². The van der Waals surface area contributed by atoms with Crippen LogP contribution in [0, 0.1) is 0 Å². The zero-order chi connectivity index (χ0) is 35.8. The van der Waals surface area contributed by atoms with Crippen molar-refractivity contribution in [3.05, 3.63) is 200 Å². The van der Waals surface area contributed by atoms with Crippen LogP contribution < -0.4 is 4.90 Å². The molecule has 0 saturated carbocycles. The third-order valence-electron chi connectivity index (χ3n) is 10.1. The Morgan fingerprint density at radius 1 is 0.370 bits per heavy atom. The van der Waals surface area contributed by atoms with Crippen molar-refractivity contribution < 1.29 is 4.42 Å². The minimum absolute atomic E-state index is 0.846. The van der Waals surface area contributed by atoms with Gasteiger partial charge in [-0.2, -0.15) is 0 Å². The first-order chi connectivity index (χ1) is 26.8. The van der Waals surface area contributed by atoms with Gasteiger partial charge < -0.3 is 9.32 Å². The zero-order valence-corrected chi connectivity index (χ0v) is 29.3. The lowest BCUT2D eigenvalue weighted by atomic mass is 9.97. The third kappa shape index (κ3) is 5.58. The van der Waals surface area contributed by atoms with Crippen molar-refractivity contribution in [3.63, 3.8) is 0 Å². The van der Waals surface area contributed by atoms with E-state index in [0.717, 1.165) is 83.7 Å². The van der Waals surface area contributed by atoms with Crippen LogP contribution in [0.4, 0.5) is 17.1 Å². The number of hydrogen-bond donors (Lipinski definition) is 0. The summed E-state index contributed by atoms with van der Waals surface area (Å²) in [5.74, 6) is 0. The normalized spacial score (nSPS) is 11.3. The first-order valence-electron chi connectivity index (χ1n) is 18.2. The number of para-hydroxylation sites is 4. The van der Waals surface area contributed by atoms with E-state index in [1.807, 2.05) is 48.5 Å². The van der Waals surface area contributed by atoms with E-state index in [9.17, 15) is 0 Å². The van der Waals surface area contributed by atoms with E-state index in [-0.39, 0.29) is 0 Å². The molecule has 0 unspecified atom stereocenters. The van der Waals surface area contributed by atoms with Crippen molar-refractivity contribution in [1.29, 1.82) is 0 Å². The quantitative estimate of drug-likeness (QED) is 0.167. The molecular weight excluding hydrogens is 659 g/mol. The third-order valence-corrected chi connectivity index (χ3v) is 10.1. The highest BCUT2D eigenvalue weighted by Crippen LogP contribution is 2.46. The summed E-state index contributed by atoms with van der Waals surface area (Å²) in [4.78, 5) is 12.5. The second-order valence-corrected chi connectivity index (χ2v) is 13.4. The van der Waals surface area contributed by atoms with Crippen LogP contribution in [-0.2, 0) is 0 Å². The van der Waals surface area contributed by atoms with Gasteiger partial charge in [-0.05, 0) is 71.3 Å². The molecule has 0 amide bonds. The van der Waals surface area contributed by atoms with Gasteiger partial charge in [0.25, 0.3) is 0 Å². The fourth-order valence-corrected chi connectivity index (χ4v) is 7.47. The van der Waals surface area contributed by atoms with Crippen LogP contribution in [0.15, 0.2) is 205 Å². The van der Waals surface area contributed by atoms with Crippen LogP contribution in [0.2, 0.25) is 0 Å². The van der Waals surface area contributed by atoms with Gasteiger partial charge in [0.05, 0.1) is 33.5 Å². The molecule has 0 aliphatic heterocycles. The Labute approximate surface area is 313 Å². The van der Waals surface area contributed by atoms with Crippen molar-refractivity contribution in [1.82, 2.24) is 9.97 Å². The lowest BCUT2D eigenvalue weighted by molar-refractivity contribution is 0.670. The second kappa shape index (κ2) is 13.4. The maximum Gasteiger partial charge on any atom is 0.145 e. The molecule has 8 aromatic carbocycles. The fraction of sp³-hybridized carbons (Fsp3) is 0. The van der Waals surface area contributed by atoms with Gasteiger partial charge in [-0.1, -0.05) is 146 Å². The van der Waals surface area contributed by atoms with Gasteiger partial charge >= 0.3 is 0 Å². The average molecular weight is 692 g/mol. The summed E-state index contributed by atoms with van der Waals surface area (Å²) in [6.07, 6.45) is 0. The highest BCUT2D eigenvalue weighted by atomic mass is 16.3. The number of rotatable bonds is 7. The average Bonchev–Trinajstić information content (AvgIpc) is 3.65. The number of benzene rings is 8. The Kier molecular flexibility index (Phi) is 7.77. The Bertz CT molecular complexity index is 2900. The minimum Gasteiger partial charge on any atom is -0.455 e. The molecule has 10 rings (SSSR count). The summed E-state index contributed by atoms with van der Waals surface area (Å²) in [7, 11) is 0. The first kappa shape index (κ1) is 31.4. The highest BCUT2D eigenvalue weighted by Gasteiger charge is 2.22. The van der Waals surface area contributed by atoms with E-state index in [0.29, 0.717) is 0 Å². The highest BCUT2D eigenvalue weighted by molar-refractivity contribution is 6.17.